The molecule has 1 aromatic rings. The average Bonchev–Trinajstić information content (AvgIpc) is 2.16. The van der Waals surface area contributed by atoms with Gasteiger partial charge in [-0.25, -0.2) is 0 Å². The quantitative estimate of drug-likeness (QED) is 0.468. The highest BCUT2D eigenvalue weighted by Gasteiger charge is 2.02. The number of nitrogens with one attached hydrogen (secondary N) is 2. The monoisotopic (exact) mass is 180 g/mol. The smallest absolute Gasteiger partial charge is 0.0916 e. The summed E-state index contributed by atoms with van der Waals surface area (Å²) in [6.07, 6.45) is 0. The van der Waals surface area contributed by atoms with Crippen LogP contribution < -0.4 is 15.8 Å². The Morgan fingerprint density at radius 1 is 1.08 bits per heavy atom. The molecule has 66 valence electrons. The first-order valence-corrected chi connectivity index (χ1v) is 5.77. The molecule has 0 fully saturated rings. The minimum absolute atomic E-state index is 0.220. The second-order valence-electron chi connectivity index (χ2n) is 2.82. The molecule has 2 N–H and O–H groups in total. The molecular weight excluding hydrogens is 164 g/mol. The Morgan fingerprint density at radius 3 is 2.17 bits per heavy atom. The van der Waals surface area contributed by atoms with Gasteiger partial charge in [-0.15, -0.1) is 0 Å². The van der Waals surface area contributed by atoms with Crippen molar-refractivity contribution < 1.29 is 0 Å². The maximum absolute atomic E-state index is 3.25. The largest absolute Gasteiger partial charge is 0.308 e. The van der Waals surface area contributed by atoms with Crippen LogP contribution in [0.2, 0.25) is 0 Å². The highest BCUT2D eigenvalue weighted by atomic mass is 28.2. The summed E-state index contributed by atoms with van der Waals surface area (Å²) in [5.74, 6) is 0.507. The van der Waals surface area contributed by atoms with E-state index < -0.39 is 0 Å². The first-order valence-electron chi connectivity index (χ1n) is 4.25. The Balaban J connectivity index is 2.51. The lowest BCUT2D eigenvalue weighted by Gasteiger charge is -2.13. The van der Waals surface area contributed by atoms with E-state index >= 15 is 0 Å². The first kappa shape index (κ1) is 9.44. The van der Waals surface area contributed by atoms with Gasteiger partial charge in [0.2, 0.25) is 0 Å². The predicted octanol–water partition coefficient (Wildman–Crippen LogP) is -0.797. The molecule has 0 aliphatic heterocycles. The van der Waals surface area contributed by atoms with Crippen LogP contribution in [0.4, 0.5) is 0 Å². The van der Waals surface area contributed by atoms with Crippen LogP contribution in [-0.4, -0.2) is 29.4 Å². The summed E-state index contributed by atoms with van der Waals surface area (Å²) in [5.41, 5.74) is 0. The zero-order valence-electron chi connectivity index (χ0n) is 7.67. The van der Waals surface area contributed by atoms with Crippen LogP contribution in [0.25, 0.3) is 0 Å². The van der Waals surface area contributed by atoms with Gasteiger partial charge >= 0.3 is 0 Å². The number of hydrogen-bond donors (Lipinski definition) is 2. The van der Waals surface area contributed by atoms with E-state index in [0.29, 0.717) is 5.79 Å². The van der Waals surface area contributed by atoms with Crippen LogP contribution in [0.5, 0.6) is 0 Å². The molecule has 0 unspecified atom stereocenters. The lowest BCUT2D eigenvalue weighted by atomic mass is 10.4. The minimum atomic E-state index is -0.220. The summed E-state index contributed by atoms with van der Waals surface area (Å²) >= 11 is 0. The Kier molecular flexibility index (Phi) is 4.00. The van der Waals surface area contributed by atoms with Crippen molar-refractivity contribution in [1.82, 2.24) is 10.6 Å². The Morgan fingerprint density at radius 2 is 1.67 bits per heavy atom. The summed E-state index contributed by atoms with van der Waals surface area (Å²) < 4.78 is 0. The fourth-order valence-corrected chi connectivity index (χ4v) is 2.62. The van der Waals surface area contributed by atoms with Crippen molar-refractivity contribution >= 4 is 14.7 Å². The van der Waals surface area contributed by atoms with Crippen LogP contribution in [0.1, 0.15) is 0 Å². The van der Waals surface area contributed by atoms with Gasteiger partial charge in [-0.05, 0) is 14.1 Å². The second kappa shape index (κ2) is 5.08. The van der Waals surface area contributed by atoms with Crippen LogP contribution >= 0.6 is 0 Å². The zero-order chi connectivity index (χ0) is 8.81. The topological polar surface area (TPSA) is 24.1 Å². The van der Waals surface area contributed by atoms with E-state index in [1.807, 2.05) is 14.1 Å². The van der Waals surface area contributed by atoms with Gasteiger partial charge in [0.05, 0.1) is 9.52 Å². The van der Waals surface area contributed by atoms with Gasteiger partial charge in [0.1, 0.15) is 0 Å². The van der Waals surface area contributed by atoms with Gasteiger partial charge < -0.3 is 10.6 Å². The van der Waals surface area contributed by atoms with Gasteiger partial charge in [-0.3, -0.25) is 0 Å². The van der Waals surface area contributed by atoms with Crippen LogP contribution in [-0.2, 0) is 0 Å². The lowest BCUT2D eigenvalue weighted by molar-refractivity contribution is 0.639. The Bertz CT molecular complexity index is 209. The molecule has 0 heterocycles. The summed E-state index contributed by atoms with van der Waals surface area (Å²) in [7, 11) is 3.77. The highest BCUT2D eigenvalue weighted by molar-refractivity contribution is 6.54. The average molecular weight is 180 g/mol. The first-order chi connectivity index (χ1) is 5.86. The summed E-state index contributed by atoms with van der Waals surface area (Å²) in [5, 5.41) is 7.99. The molecule has 1 aromatic carbocycles. The van der Waals surface area contributed by atoms with E-state index in [1.165, 1.54) is 5.19 Å². The van der Waals surface area contributed by atoms with E-state index in [2.05, 4.69) is 41.0 Å². The SMILES string of the molecule is CNC(NC)[SiH2]c1ccccc1. The standard InChI is InChI=1S/C9H16N2Si/c1-10-9(11-2)12-8-6-4-3-5-7-8/h3-7,9-11H,12H2,1-2H3. The van der Waals surface area contributed by atoms with Crippen molar-refractivity contribution in [2.24, 2.45) is 0 Å². The molecule has 0 aromatic heterocycles. The van der Waals surface area contributed by atoms with Crippen molar-refractivity contribution in [1.29, 1.82) is 0 Å². The number of hydrogen-bond acceptors (Lipinski definition) is 2. The maximum Gasteiger partial charge on any atom is 0.0916 e. The zero-order valence-corrected chi connectivity index (χ0v) is 9.09. The third kappa shape index (κ3) is 2.77. The van der Waals surface area contributed by atoms with Gasteiger partial charge in [0, 0.05) is 5.79 Å². The normalized spacial score (nSPS) is 11.6. The molecule has 2 nitrogen and oxygen atoms in total. The third-order valence-electron chi connectivity index (χ3n) is 1.98. The summed E-state index contributed by atoms with van der Waals surface area (Å²) in [4.78, 5) is 0. The number of benzene rings is 1. The van der Waals surface area contributed by atoms with Crippen molar-refractivity contribution in [2.45, 2.75) is 5.79 Å². The van der Waals surface area contributed by atoms with E-state index in [0.717, 1.165) is 0 Å². The molecule has 0 atom stereocenters. The van der Waals surface area contributed by atoms with Gasteiger partial charge in [-0.2, -0.15) is 0 Å². The lowest BCUT2D eigenvalue weighted by Crippen LogP contribution is -2.47. The van der Waals surface area contributed by atoms with Crippen molar-refractivity contribution in [2.75, 3.05) is 14.1 Å². The molecule has 0 aliphatic carbocycles. The molecule has 0 bridgehead atoms. The highest BCUT2D eigenvalue weighted by Crippen LogP contribution is 1.82. The molecule has 3 heteroatoms. The Hall–Kier alpha value is -0.643. The van der Waals surface area contributed by atoms with E-state index in [1.54, 1.807) is 0 Å². The molecule has 1 rings (SSSR count). The maximum atomic E-state index is 3.25. The molecule has 0 amide bonds. The van der Waals surface area contributed by atoms with E-state index in [9.17, 15) is 0 Å². The van der Waals surface area contributed by atoms with E-state index in [4.69, 9.17) is 0 Å². The molecule has 0 radical (unpaired) electrons. The molecule has 0 aliphatic rings. The van der Waals surface area contributed by atoms with Crippen molar-refractivity contribution in [3.05, 3.63) is 30.3 Å². The number of rotatable bonds is 4. The van der Waals surface area contributed by atoms with Gasteiger partial charge in [0.25, 0.3) is 0 Å². The van der Waals surface area contributed by atoms with Crippen LogP contribution in [0.15, 0.2) is 30.3 Å². The van der Waals surface area contributed by atoms with Crippen molar-refractivity contribution in [3.63, 3.8) is 0 Å². The van der Waals surface area contributed by atoms with Crippen molar-refractivity contribution in [3.8, 4) is 0 Å². The molecule has 12 heavy (non-hydrogen) atoms. The summed E-state index contributed by atoms with van der Waals surface area (Å²) in [6.45, 7) is 0. The molecule has 0 spiro atoms. The fourth-order valence-electron chi connectivity index (χ4n) is 1.20. The second-order valence-corrected chi connectivity index (χ2v) is 4.86. The third-order valence-corrected chi connectivity index (χ3v) is 4.15. The summed E-state index contributed by atoms with van der Waals surface area (Å²) in [6, 6.07) is 10.7. The molecule has 0 saturated heterocycles. The van der Waals surface area contributed by atoms with Gasteiger partial charge in [-0.1, -0.05) is 35.5 Å². The van der Waals surface area contributed by atoms with E-state index in [-0.39, 0.29) is 9.52 Å². The molecular formula is C9H16N2Si. The van der Waals surface area contributed by atoms with Crippen LogP contribution in [0, 0.1) is 0 Å². The molecule has 0 saturated carbocycles. The van der Waals surface area contributed by atoms with Crippen LogP contribution in [0.3, 0.4) is 0 Å². The fraction of sp³-hybridized carbons (Fsp3) is 0.333. The predicted molar refractivity (Wildman–Crippen MR) is 56.5 cm³/mol. The van der Waals surface area contributed by atoms with Gasteiger partial charge in [0.15, 0.2) is 0 Å². The Labute approximate surface area is 76.2 Å². The minimum Gasteiger partial charge on any atom is -0.308 e.